The van der Waals surface area contributed by atoms with Crippen molar-refractivity contribution < 1.29 is 0 Å². The summed E-state index contributed by atoms with van der Waals surface area (Å²) in [6.07, 6.45) is 0. The molecule has 102 valence electrons. The first-order chi connectivity index (χ1) is 9.75. The molecule has 2 aromatic carbocycles. The van der Waals surface area contributed by atoms with E-state index in [4.69, 9.17) is 4.98 Å². The normalized spacial score (nSPS) is 11.3. The summed E-state index contributed by atoms with van der Waals surface area (Å²) in [5.74, 6) is 1.05. The Bertz CT molecular complexity index is 699. The summed E-state index contributed by atoms with van der Waals surface area (Å²) in [6, 6.07) is 18.7. The molecule has 0 atom stereocenters. The molecule has 0 N–H and O–H groups in total. The van der Waals surface area contributed by atoms with E-state index in [-0.39, 0.29) is 0 Å². The number of likely N-dealkylation sites (N-methyl/N-ethyl adjacent to an activating group) is 1. The first-order valence-corrected chi connectivity index (χ1v) is 6.91. The number of rotatable bonds is 4. The average Bonchev–Trinajstić information content (AvgIpc) is 2.84. The minimum atomic E-state index is 0.942. The molecule has 0 aliphatic rings. The van der Waals surface area contributed by atoms with E-state index in [9.17, 15) is 0 Å². The van der Waals surface area contributed by atoms with E-state index in [1.807, 2.05) is 12.1 Å². The maximum absolute atomic E-state index is 4.81. The van der Waals surface area contributed by atoms with Gasteiger partial charge in [0.05, 0.1) is 11.0 Å². The Morgan fingerprint density at radius 3 is 2.40 bits per heavy atom. The van der Waals surface area contributed by atoms with Crippen LogP contribution in [0.1, 0.15) is 0 Å². The molecular formula is C17H19N3. The van der Waals surface area contributed by atoms with E-state index in [0.29, 0.717) is 0 Å². The van der Waals surface area contributed by atoms with Gasteiger partial charge in [0.25, 0.3) is 0 Å². The number of hydrogen-bond donors (Lipinski definition) is 0. The molecule has 3 rings (SSSR count). The fraction of sp³-hybridized carbons (Fsp3) is 0.235. The zero-order chi connectivity index (χ0) is 13.9. The molecule has 20 heavy (non-hydrogen) atoms. The van der Waals surface area contributed by atoms with Crippen LogP contribution in [0.5, 0.6) is 0 Å². The second-order valence-electron chi connectivity index (χ2n) is 5.25. The molecule has 0 saturated heterocycles. The molecule has 1 aromatic heterocycles. The summed E-state index contributed by atoms with van der Waals surface area (Å²) in [6.45, 7) is 1.94. The molecule has 0 radical (unpaired) electrons. The number of para-hydroxylation sites is 2. The minimum absolute atomic E-state index is 0.942. The van der Waals surface area contributed by atoms with Crippen molar-refractivity contribution in [2.45, 2.75) is 6.54 Å². The molecule has 0 bridgehead atoms. The molecule has 0 aliphatic heterocycles. The monoisotopic (exact) mass is 265 g/mol. The lowest BCUT2D eigenvalue weighted by atomic mass is 10.2. The molecule has 3 heteroatoms. The second-order valence-corrected chi connectivity index (χ2v) is 5.25. The maximum Gasteiger partial charge on any atom is 0.141 e. The van der Waals surface area contributed by atoms with Crippen LogP contribution in [0.3, 0.4) is 0 Å². The Kier molecular flexibility index (Phi) is 3.52. The van der Waals surface area contributed by atoms with Gasteiger partial charge in [-0.1, -0.05) is 42.5 Å². The van der Waals surface area contributed by atoms with Crippen LogP contribution in [-0.2, 0) is 6.54 Å². The smallest absolute Gasteiger partial charge is 0.141 e. The Morgan fingerprint density at radius 2 is 1.65 bits per heavy atom. The number of benzene rings is 2. The van der Waals surface area contributed by atoms with E-state index < -0.39 is 0 Å². The summed E-state index contributed by atoms with van der Waals surface area (Å²) in [4.78, 5) is 7.00. The van der Waals surface area contributed by atoms with Gasteiger partial charge in [0, 0.05) is 18.7 Å². The largest absolute Gasteiger partial charge is 0.323 e. The Morgan fingerprint density at radius 1 is 0.950 bits per heavy atom. The molecule has 0 amide bonds. The lowest BCUT2D eigenvalue weighted by Gasteiger charge is -2.13. The van der Waals surface area contributed by atoms with Crippen LogP contribution >= 0.6 is 0 Å². The molecule has 0 unspecified atom stereocenters. The predicted octanol–water partition coefficient (Wildman–Crippen LogP) is 3.26. The first kappa shape index (κ1) is 12.9. The highest BCUT2D eigenvalue weighted by Gasteiger charge is 2.11. The highest BCUT2D eigenvalue weighted by Crippen LogP contribution is 2.24. The molecule has 1 heterocycles. The molecule has 3 nitrogen and oxygen atoms in total. The van der Waals surface area contributed by atoms with Gasteiger partial charge in [0.15, 0.2) is 0 Å². The van der Waals surface area contributed by atoms with E-state index in [0.717, 1.165) is 24.4 Å². The first-order valence-electron chi connectivity index (χ1n) is 6.91. The van der Waals surface area contributed by atoms with Gasteiger partial charge in [-0.3, -0.25) is 0 Å². The summed E-state index contributed by atoms with van der Waals surface area (Å²) >= 11 is 0. The summed E-state index contributed by atoms with van der Waals surface area (Å²) in [7, 11) is 4.20. The van der Waals surface area contributed by atoms with Crippen LogP contribution in [0, 0.1) is 0 Å². The SMILES string of the molecule is CN(C)CCn1c(-c2ccccc2)nc2ccccc21. The predicted molar refractivity (Wildman–Crippen MR) is 83.7 cm³/mol. The van der Waals surface area contributed by atoms with Gasteiger partial charge < -0.3 is 9.47 Å². The van der Waals surface area contributed by atoms with Crippen molar-refractivity contribution in [3.05, 3.63) is 54.6 Å². The summed E-state index contributed by atoms with van der Waals surface area (Å²) in [5, 5.41) is 0. The van der Waals surface area contributed by atoms with Gasteiger partial charge in [-0.05, 0) is 26.2 Å². The fourth-order valence-electron chi connectivity index (χ4n) is 2.41. The van der Waals surface area contributed by atoms with Gasteiger partial charge in [-0.25, -0.2) is 4.98 Å². The van der Waals surface area contributed by atoms with Crippen molar-refractivity contribution in [1.82, 2.24) is 14.5 Å². The highest BCUT2D eigenvalue weighted by molar-refractivity contribution is 5.80. The van der Waals surface area contributed by atoms with Crippen LogP contribution < -0.4 is 0 Å². The van der Waals surface area contributed by atoms with Crippen LogP contribution in [0.2, 0.25) is 0 Å². The van der Waals surface area contributed by atoms with E-state index in [1.54, 1.807) is 0 Å². The highest BCUT2D eigenvalue weighted by atomic mass is 15.1. The second kappa shape index (κ2) is 5.47. The Labute approximate surface area is 119 Å². The lowest BCUT2D eigenvalue weighted by Crippen LogP contribution is -2.18. The van der Waals surface area contributed by atoms with Crippen molar-refractivity contribution in [2.24, 2.45) is 0 Å². The van der Waals surface area contributed by atoms with Gasteiger partial charge in [-0.15, -0.1) is 0 Å². The quantitative estimate of drug-likeness (QED) is 0.722. The zero-order valence-corrected chi connectivity index (χ0v) is 12.0. The van der Waals surface area contributed by atoms with Crippen molar-refractivity contribution in [1.29, 1.82) is 0 Å². The third-order valence-electron chi connectivity index (χ3n) is 3.46. The standard InChI is InChI=1S/C17H19N3/c1-19(2)12-13-20-16-11-7-6-10-15(16)18-17(20)14-8-4-3-5-9-14/h3-11H,12-13H2,1-2H3. The van der Waals surface area contributed by atoms with E-state index in [2.05, 4.69) is 66.0 Å². The van der Waals surface area contributed by atoms with Crippen molar-refractivity contribution in [3.8, 4) is 11.4 Å². The minimum Gasteiger partial charge on any atom is -0.323 e. The van der Waals surface area contributed by atoms with Gasteiger partial charge in [0.2, 0.25) is 0 Å². The van der Waals surface area contributed by atoms with E-state index >= 15 is 0 Å². The fourth-order valence-corrected chi connectivity index (χ4v) is 2.41. The van der Waals surface area contributed by atoms with Gasteiger partial charge >= 0.3 is 0 Å². The number of nitrogens with zero attached hydrogens (tertiary/aromatic N) is 3. The molecule has 0 saturated carbocycles. The van der Waals surface area contributed by atoms with Crippen molar-refractivity contribution in [3.63, 3.8) is 0 Å². The Hall–Kier alpha value is -2.13. The molecule has 0 aliphatic carbocycles. The lowest BCUT2D eigenvalue weighted by molar-refractivity contribution is 0.387. The summed E-state index contributed by atoms with van der Waals surface area (Å²) < 4.78 is 2.31. The molecule has 0 spiro atoms. The van der Waals surface area contributed by atoms with Crippen molar-refractivity contribution in [2.75, 3.05) is 20.6 Å². The summed E-state index contributed by atoms with van der Waals surface area (Å²) in [5.41, 5.74) is 3.43. The Balaban J connectivity index is 2.12. The molecule has 0 fully saturated rings. The van der Waals surface area contributed by atoms with Gasteiger partial charge in [0.1, 0.15) is 5.82 Å². The molecule has 3 aromatic rings. The van der Waals surface area contributed by atoms with Crippen LogP contribution in [0.25, 0.3) is 22.4 Å². The molecular weight excluding hydrogens is 246 g/mol. The zero-order valence-electron chi connectivity index (χ0n) is 12.0. The van der Waals surface area contributed by atoms with Crippen LogP contribution in [0.15, 0.2) is 54.6 Å². The number of aromatic nitrogens is 2. The number of hydrogen-bond acceptors (Lipinski definition) is 2. The van der Waals surface area contributed by atoms with Crippen molar-refractivity contribution >= 4 is 11.0 Å². The van der Waals surface area contributed by atoms with Gasteiger partial charge in [-0.2, -0.15) is 0 Å². The number of fused-ring (bicyclic) bond motifs is 1. The van der Waals surface area contributed by atoms with Crippen LogP contribution in [0.4, 0.5) is 0 Å². The topological polar surface area (TPSA) is 21.1 Å². The third kappa shape index (κ3) is 2.45. The third-order valence-corrected chi connectivity index (χ3v) is 3.46. The van der Waals surface area contributed by atoms with E-state index in [1.165, 1.54) is 11.1 Å². The van der Waals surface area contributed by atoms with Crippen LogP contribution in [-0.4, -0.2) is 35.1 Å². The number of imidazole rings is 1. The maximum atomic E-state index is 4.81. The average molecular weight is 265 g/mol.